The molecule has 110 valence electrons. The minimum Gasteiger partial charge on any atom is -0.479 e. The van der Waals surface area contributed by atoms with Crippen LogP contribution in [0.25, 0.3) is 0 Å². The molecule has 2 rings (SSSR count). The molecular weight excluding hydrogens is 288 g/mol. The molecule has 2 amide bonds. The predicted octanol–water partition coefficient (Wildman–Crippen LogP) is 3.31. The van der Waals surface area contributed by atoms with E-state index >= 15 is 0 Å². The zero-order chi connectivity index (χ0) is 15.4. The minimum absolute atomic E-state index is 0.543. The fourth-order valence-corrected chi connectivity index (χ4v) is 2.59. The molecule has 21 heavy (non-hydrogen) atoms. The molecule has 1 atom stereocenters. The number of carbonyl (C=O) groups is 2. The summed E-state index contributed by atoms with van der Waals surface area (Å²) in [7, 11) is 0. The van der Waals surface area contributed by atoms with Gasteiger partial charge in [0.15, 0.2) is 6.04 Å². The molecule has 0 bridgehead atoms. The number of anilines is 1. The van der Waals surface area contributed by atoms with Gasteiger partial charge in [0, 0.05) is 10.6 Å². The minimum atomic E-state index is -1.09. The van der Waals surface area contributed by atoms with Crippen LogP contribution in [0.2, 0.25) is 0 Å². The first kappa shape index (κ1) is 15.1. The molecule has 2 aromatic rings. The van der Waals surface area contributed by atoms with Crippen LogP contribution >= 0.6 is 11.3 Å². The van der Waals surface area contributed by atoms with Crippen molar-refractivity contribution in [2.75, 3.05) is 5.32 Å². The fourth-order valence-electron chi connectivity index (χ4n) is 1.83. The molecule has 1 aromatic heterocycles. The third-order valence-corrected chi connectivity index (χ3v) is 4.05. The second-order valence-corrected chi connectivity index (χ2v) is 5.66. The molecule has 1 aromatic carbocycles. The Labute approximate surface area is 126 Å². The molecule has 0 aliphatic rings. The number of urea groups is 1. The topological polar surface area (TPSA) is 78.4 Å². The van der Waals surface area contributed by atoms with E-state index in [-0.39, 0.29) is 0 Å². The second kappa shape index (κ2) is 6.41. The van der Waals surface area contributed by atoms with Gasteiger partial charge in [-0.1, -0.05) is 12.1 Å². The highest BCUT2D eigenvalue weighted by Gasteiger charge is 2.22. The molecule has 0 aliphatic heterocycles. The average Bonchev–Trinajstić information content (AvgIpc) is 2.93. The van der Waals surface area contributed by atoms with E-state index in [4.69, 9.17) is 0 Å². The lowest BCUT2D eigenvalue weighted by atomic mass is 10.1. The molecule has 0 fully saturated rings. The average molecular weight is 304 g/mol. The van der Waals surface area contributed by atoms with Crippen molar-refractivity contribution in [1.29, 1.82) is 0 Å². The molecule has 0 radical (unpaired) electrons. The second-order valence-electron chi connectivity index (χ2n) is 4.68. The van der Waals surface area contributed by atoms with Gasteiger partial charge in [0.1, 0.15) is 0 Å². The van der Waals surface area contributed by atoms with Crippen LogP contribution in [0.1, 0.15) is 22.0 Å². The number of hydrogen-bond donors (Lipinski definition) is 3. The number of hydrogen-bond acceptors (Lipinski definition) is 3. The zero-order valence-electron chi connectivity index (χ0n) is 11.7. The number of carboxylic acid groups (broad SMARTS) is 1. The summed E-state index contributed by atoms with van der Waals surface area (Å²) in [5, 5.41) is 16.1. The summed E-state index contributed by atoms with van der Waals surface area (Å²) in [5.74, 6) is -1.09. The maximum Gasteiger partial charge on any atom is 0.331 e. The predicted molar refractivity (Wildman–Crippen MR) is 82.8 cm³/mol. The highest BCUT2D eigenvalue weighted by molar-refractivity contribution is 7.10. The lowest BCUT2D eigenvalue weighted by molar-refractivity contribution is -0.139. The van der Waals surface area contributed by atoms with Crippen LogP contribution in [0.15, 0.2) is 35.7 Å². The van der Waals surface area contributed by atoms with Crippen molar-refractivity contribution < 1.29 is 14.7 Å². The number of aliphatic carboxylic acids is 1. The van der Waals surface area contributed by atoms with Gasteiger partial charge in [-0.15, -0.1) is 11.3 Å². The number of aryl methyl sites for hydroxylation is 2. The van der Waals surface area contributed by atoms with Crippen molar-refractivity contribution in [2.45, 2.75) is 19.9 Å². The number of nitrogens with one attached hydrogen (secondary N) is 2. The third-order valence-electron chi connectivity index (χ3n) is 3.11. The van der Waals surface area contributed by atoms with Gasteiger partial charge < -0.3 is 15.7 Å². The molecule has 0 aliphatic carbocycles. The van der Waals surface area contributed by atoms with Gasteiger partial charge in [0.25, 0.3) is 0 Å². The standard InChI is InChI=1S/C15H16N2O3S/c1-9-5-6-11(8-10(9)2)16-15(20)17-13(14(18)19)12-4-3-7-21-12/h3-8,13H,1-2H3,(H,18,19)(H2,16,17,20). The Morgan fingerprint density at radius 1 is 1.19 bits per heavy atom. The molecule has 0 saturated heterocycles. The van der Waals surface area contributed by atoms with E-state index in [1.54, 1.807) is 23.6 Å². The van der Waals surface area contributed by atoms with Crippen LogP contribution in [-0.4, -0.2) is 17.1 Å². The lowest BCUT2D eigenvalue weighted by Gasteiger charge is -2.14. The zero-order valence-corrected chi connectivity index (χ0v) is 12.5. The van der Waals surface area contributed by atoms with Crippen LogP contribution in [0, 0.1) is 13.8 Å². The maximum absolute atomic E-state index is 11.9. The normalized spacial score (nSPS) is 11.7. The first-order chi connectivity index (χ1) is 9.97. The van der Waals surface area contributed by atoms with Gasteiger partial charge in [0.05, 0.1) is 0 Å². The number of carbonyl (C=O) groups excluding carboxylic acids is 1. The Bertz CT molecular complexity index is 653. The molecule has 5 nitrogen and oxygen atoms in total. The largest absolute Gasteiger partial charge is 0.479 e. The van der Waals surface area contributed by atoms with Gasteiger partial charge >= 0.3 is 12.0 Å². The summed E-state index contributed by atoms with van der Waals surface area (Å²) >= 11 is 1.29. The van der Waals surface area contributed by atoms with E-state index in [1.165, 1.54) is 11.3 Å². The lowest BCUT2D eigenvalue weighted by Crippen LogP contribution is -2.36. The van der Waals surface area contributed by atoms with Crippen molar-refractivity contribution in [2.24, 2.45) is 0 Å². The van der Waals surface area contributed by atoms with Crippen molar-refractivity contribution in [3.05, 3.63) is 51.7 Å². The third kappa shape index (κ3) is 3.82. The summed E-state index contributed by atoms with van der Waals surface area (Å²) in [4.78, 5) is 23.8. The summed E-state index contributed by atoms with van der Waals surface area (Å²) in [5.41, 5.74) is 2.81. The number of benzene rings is 1. The van der Waals surface area contributed by atoms with Crippen LogP contribution in [0.5, 0.6) is 0 Å². The first-order valence-corrected chi connectivity index (χ1v) is 7.26. The monoisotopic (exact) mass is 304 g/mol. The number of amides is 2. The summed E-state index contributed by atoms with van der Waals surface area (Å²) in [6, 6.07) is 7.37. The van der Waals surface area contributed by atoms with Crippen LogP contribution in [0.4, 0.5) is 10.5 Å². The Morgan fingerprint density at radius 3 is 2.52 bits per heavy atom. The van der Waals surface area contributed by atoms with Crippen molar-refractivity contribution in [3.8, 4) is 0 Å². The van der Waals surface area contributed by atoms with E-state index < -0.39 is 18.0 Å². The summed E-state index contributed by atoms with van der Waals surface area (Å²) in [6.45, 7) is 3.93. The quantitative estimate of drug-likeness (QED) is 0.811. The van der Waals surface area contributed by atoms with Crippen LogP contribution < -0.4 is 10.6 Å². The van der Waals surface area contributed by atoms with E-state index in [0.717, 1.165) is 11.1 Å². The molecular formula is C15H16N2O3S. The highest BCUT2D eigenvalue weighted by Crippen LogP contribution is 2.20. The van der Waals surface area contributed by atoms with Gasteiger partial charge in [0.2, 0.25) is 0 Å². The molecule has 3 N–H and O–H groups in total. The SMILES string of the molecule is Cc1ccc(NC(=O)NC(C(=O)O)c2cccs2)cc1C. The highest BCUT2D eigenvalue weighted by atomic mass is 32.1. The van der Waals surface area contributed by atoms with Crippen molar-refractivity contribution >= 4 is 29.0 Å². The van der Waals surface area contributed by atoms with E-state index in [9.17, 15) is 14.7 Å². The van der Waals surface area contributed by atoms with Crippen LogP contribution in [0.3, 0.4) is 0 Å². The Morgan fingerprint density at radius 2 is 1.95 bits per heavy atom. The van der Waals surface area contributed by atoms with Gasteiger partial charge in [-0.25, -0.2) is 9.59 Å². The van der Waals surface area contributed by atoms with Crippen LogP contribution in [-0.2, 0) is 4.79 Å². The van der Waals surface area contributed by atoms with Crippen molar-refractivity contribution in [3.63, 3.8) is 0 Å². The van der Waals surface area contributed by atoms with Gasteiger partial charge in [-0.05, 0) is 48.6 Å². The summed E-state index contributed by atoms with van der Waals surface area (Å²) in [6.07, 6.45) is 0. The van der Waals surface area contributed by atoms with Crippen molar-refractivity contribution in [1.82, 2.24) is 5.32 Å². The first-order valence-electron chi connectivity index (χ1n) is 6.38. The smallest absolute Gasteiger partial charge is 0.331 e. The fraction of sp³-hybridized carbons (Fsp3) is 0.200. The molecule has 1 unspecified atom stereocenters. The van der Waals surface area contributed by atoms with E-state index in [0.29, 0.717) is 10.6 Å². The number of carboxylic acids is 1. The van der Waals surface area contributed by atoms with Gasteiger partial charge in [-0.2, -0.15) is 0 Å². The number of thiophene rings is 1. The van der Waals surface area contributed by atoms with E-state index in [1.807, 2.05) is 26.0 Å². The molecule has 0 saturated carbocycles. The molecule has 0 spiro atoms. The Kier molecular flexibility index (Phi) is 4.59. The Hall–Kier alpha value is -2.34. The Balaban J connectivity index is 2.06. The molecule has 6 heteroatoms. The number of rotatable bonds is 4. The van der Waals surface area contributed by atoms with Gasteiger partial charge in [-0.3, -0.25) is 0 Å². The maximum atomic E-state index is 11.9. The summed E-state index contributed by atoms with van der Waals surface area (Å²) < 4.78 is 0. The molecule has 1 heterocycles. The van der Waals surface area contributed by atoms with E-state index in [2.05, 4.69) is 10.6 Å².